The summed E-state index contributed by atoms with van der Waals surface area (Å²) in [6.07, 6.45) is 7.73. The van der Waals surface area contributed by atoms with Crippen molar-refractivity contribution in [2.45, 2.75) is 19.8 Å². The van der Waals surface area contributed by atoms with Gasteiger partial charge in [0, 0.05) is 18.7 Å². The van der Waals surface area contributed by atoms with Crippen LogP contribution in [0.1, 0.15) is 24.1 Å². The fourth-order valence-electron chi connectivity index (χ4n) is 2.96. The first-order valence-corrected chi connectivity index (χ1v) is 8.22. The van der Waals surface area contributed by atoms with E-state index in [0.29, 0.717) is 17.4 Å². The van der Waals surface area contributed by atoms with Gasteiger partial charge >= 0.3 is 0 Å². The van der Waals surface area contributed by atoms with Crippen LogP contribution in [0, 0.1) is 18.7 Å². The molecule has 0 N–H and O–H groups in total. The van der Waals surface area contributed by atoms with Gasteiger partial charge < -0.3 is 9.64 Å². The third kappa shape index (κ3) is 3.72. The number of nitrogens with zero attached hydrogens (tertiary/aromatic N) is 3. The second kappa shape index (κ2) is 7.43. The maximum Gasteiger partial charge on any atom is 0.257 e. The number of rotatable bonds is 4. The monoisotopic (exact) mass is 327 g/mol. The lowest BCUT2D eigenvalue weighted by Gasteiger charge is -2.32. The number of halogens is 1. The highest BCUT2D eigenvalue weighted by Crippen LogP contribution is 2.28. The van der Waals surface area contributed by atoms with Crippen LogP contribution in [0.15, 0.2) is 36.5 Å². The van der Waals surface area contributed by atoms with Crippen molar-refractivity contribution in [1.29, 1.82) is 0 Å². The SMILES string of the molecule is COc1ncc(C)nc1N1CCC(C=Cc2ccccc2F)CC1. The highest BCUT2D eigenvalue weighted by molar-refractivity contribution is 5.51. The largest absolute Gasteiger partial charge is 0.478 e. The average Bonchev–Trinajstić information content (AvgIpc) is 2.61. The van der Waals surface area contributed by atoms with Gasteiger partial charge in [-0.15, -0.1) is 0 Å². The molecule has 0 bridgehead atoms. The summed E-state index contributed by atoms with van der Waals surface area (Å²) in [5.74, 6) is 1.66. The Bertz CT molecular complexity index is 724. The van der Waals surface area contributed by atoms with Crippen molar-refractivity contribution in [1.82, 2.24) is 9.97 Å². The Labute approximate surface area is 142 Å². The Morgan fingerprint density at radius 1 is 1.25 bits per heavy atom. The molecule has 1 aromatic heterocycles. The number of allylic oxidation sites excluding steroid dienone is 1. The Balaban J connectivity index is 1.64. The van der Waals surface area contributed by atoms with Crippen LogP contribution in [0.25, 0.3) is 6.08 Å². The number of aromatic nitrogens is 2. The van der Waals surface area contributed by atoms with Crippen LogP contribution >= 0.6 is 0 Å². The van der Waals surface area contributed by atoms with E-state index in [-0.39, 0.29) is 5.82 Å². The van der Waals surface area contributed by atoms with Gasteiger partial charge in [-0.25, -0.2) is 14.4 Å². The van der Waals surface area contributed by atoms with Gasteiger partial charge in [-0.05, 0) is 31.7 Å². The van der Waals surface area contributed by atoms with E-state index in [1.165, 1.54) is 6.07 Å². The summed E-state index contributed by atoms with van der Waals surface area (Å²) in [7, 11) is 1.62. The molecule has 0 amide bonds. The zero-order chi connectivity index (χ0) is 16.9. The van der Waals surface area contributed by atoms with E-state index in [9.17, 15) is 4.39 Å². The molecule has 3 rings (SSSR count). The lowest BCUT2D eigenvalue weighted by molar-refractivity contribution is 0.390. The van der Waals surface area contributed by atoms with E-state index >= 15 is 0 Å². The van der Waals surface area contributed by atoms with Crippen LogP contribution in [0.3, 0.4) is 0 Å². The lowest BCUT2D eigenvalue weighted by atomic mass is 9.95. The first-order chi connectivity index (χ1) is 11.7. The molecule has 5 heteroatoms. The normalized spacial score (nSPS) is 15.9. The fourth-order valence-corrected chi connectivity index (χ4v) is 2.96. The first-order valence-electron chi connectivity index (χ1n) is 8.22. The van der Waals surface area contributed by atoms with Crippen LogP contribution in [0.2, 0.25) is 0 Å². The van der Waals surface area contributed by atoms with Crippen molar-refractivity contribution in [3.05, 3.63) is 53.6 Å². The lowest BCUT2D eigenvalue weighted by Crippen LogP contribution is -2.34. The molecule has 1 aromatic carbocycles. The Morgan fingerprint density at radius 2 is 2.00 bits per heavy atom. The van der Waals surface area contributed by atoms with Crippen molar-refractivity contribution in [2.24, 2.45) is 5.92 Å². The standard InChI is InChI=1S/C19H22FN3O/c1-14-13-21-19(24-2)18(22-14)23-11-9-15(10-12-23)7-8-16-5-3-4-6-17(16)20/h3-8,13,15H,9-12H2,1-2H3. The number of methoxy groups -OCH3 is 1. The molecule has 0 unspecified atom stereocenters. The highest BCUT2D eigenvalue weighted by atomic mass is 19.1. The molecule has 1 aliphatic rings. The molecule has 1 saturated heterocycles. The van der Waals surface area contributed by atoms with Crippen molar-refractivity contribution >= 4 is 11.9 Å². The van der Waals surface area contributed by atoms with Crippen molar-refractivity contribution in [3.63, 3.8) is 0 Å². The van der Waals surface area contributed by atoms with E-state index in [0.717, 1.165) is 37.4 Å². The number of aryl methyl sites for hydroxylation is 1. The second-order valence-corrected chi connectivity index (χ2v) is 6.05. The molecule has 0 atom stereocenters. The van der Waals surface area contributed by atoms with Crippen LogP contribution in [-0.4, -0.2) is 30.2 Å². The summed E-state index contributed by atoms with van der Waals surface area (Å²) in [6.45, 7) is 3.71. The number of ether oxygens (including phenoxy) is 1. The van der Waals surface area contributed by atoms with Gasteiger partial charge in [0.15, 0.2) is 5.82 Å². The topological polar surface area (TPSA) is 38.3 Å². The molecule has 2 aromatic rings. The predicted molar refractivity (Wildman–Crippen MR) is 93.7 cm³/mol. The molecule has 4 nitrogen and oxygen atoms in total. The van der Waals surface area contributed by atoms with E-state index < -0.39 is 0 Å². The molecular weight excluding hydrogens is 305 g/mol. The molecule has 126 valence electrons. The summed E-state index contributed by atoms with van der Waals surface area (Å²) in [4.78, 5) is 11.1. The average molecular weight is 327 g/mol. The summed E-state index contributed by atoms with van der Waals surface area (Å²) >= 11 is 0. The van der Waals surface area contributed by atoms with Gasteiger partial charge in [0.05, 0.1) is 19.0 Å². The minimum absolute atomic E-state index is 0.175. The molecule has 0 aliphatic carbocycles. The van der Waals surface area contributed by atoms with Gasteiger partial charge in [0.25, 0.3) is 5.88 Å². The second-order valence-electron chi connectivity index (χ2n) is 6.05. The molecule has 1 fully saturated rings. The van der Waals surface area contributed by atoms with Crippen molar-refractivity contribution in [2.75, 3.05) is 25.1 Å². The first kappa shape index (κ1) is 16.4. The van der Waals surface area contributed by atoms with Gasteiger partial charge in [-0.1, -0.05) is 30.4 Å². The summed E-state index contributed by atoms with van der Waals surface area (Å²) in [5.41, 5.74) is 1.53. The van der Waals surface area contributed by atoms with Crippen LogP contribution in [0.4, 0.5) is 10.2 Å². The third-order valence-corrected chi connectivity index (χ3v) is 4.33. The van der Waals surface area contributed by atoms with Crippen LogP contribution in [0.5, 0.6) is 5.88 Å². The van der Waals surface area contributed by atoms with Crippen LogP contribution in [-0.2, 0) is 0 Å². The number of anilines is 1. The highest BCUT2D eigenvalue weighted by Gasteiger charge is 2.22. The minimum Gasteiger partial charge on any atom is -0.478 e. The summed E-state index contributed by atoms with van der Waals surface area (Å²) in [6, 6.07) is 6.86. The van der Waals surface area contributed by atoms with E-state index in [4.69, 9.17) is 4.74 Å². The minimum atomic E-state index is -0.175. The molecule has 0 saturated carbocycles. The summed E-state index contributed by atoms with van der Waals surface area (Å²) < 4.78 is 19.0. The molecule has 0 radical (unpaired) electrons. The summed E-state index contributed by atoms with van der Waals surface area (Å²) in [5, 5.41) is 0. The third-order valence-electron chi connectivity index (χ3n) is 4.33. The van der Waals surface area contributed by atoms with Gasteiger partial charge in [-0.3, -0.25) is 0 Å². The van der Waals surface area contributed by atoms with Gasteiger partial charge in [0.2, 0.25) is 0 Å². The quantitative estimate of drug-likeness (QED) is 0.854. The molecular formula is C19H22FN3O. The maximum atomic E-state index is 13.7. The van der Waals surface area contributed by atoms with Crippen LogP contribution < -0.4 is 9.64 Å². The Hall–Kier alpha value is -2.43. The zero-order valence-electron chi connectivity index (χ0n) is 14.1. The van der Waals surface area contributed by atoms with Crippen molar-refractivity contribution < 1.29 is 9.13 Å². The fraction of sp³-hybridized carbons (Fsp3) is 0.368. The molecule has 2 heterocycles. The van der Waals surface area contributed by atoms with E-state index in [1.54, 1.807) is 25.4 Å². The Kier molecular flexibility index (Phi) is 5.08. The number of benzene rings is 1. The number of hydrogen-bond acceptors (Lipinski definition) is 4. The van der Waals surface area contributed by atoms with E-state index in [1.807, 2.05) is 19.1 Å². The zero-order valence-corrected chi connectivity index (χ0v) is 14.1. The molecule has 0 spiro atoms. The maximum absolute atomic E-state index is 13.7. The number of piperidine rings is 1. The predicted octanol–water partition coefficient (Wildman–Crippen LogP) is 3.86. The van der Waals surface area contributed by atoms with Gasteiger partial charge in [-0.2, -0.15) is 0 Å². The number of hydrogen-bond donors (Lipinski definition) is 0. The van der Waals surface area contributed by atoms with Gasteiger partial charge in [0.1, 0.15) is 5.82 Å². The Morgan fingerprint density at radius 3 is 2.71 bits per heavy atom. The van der Waals surface area contributed by atoms with E-state index in [2.05, 4.69) is 20.9 Å². The molecule has 1 aliphatic heterocycles. The smallest absolute Gasteiger partial charge is 0.257 e. The van der Waals surface area contributed by atoms with Crippen molar-refractivity contribution in [3.8, 4) is 5.88 Å². The molecule has 24 heavy (non-hydrogen) atoms.